The molecule has 0 radical (unpaired) electrons. The second-order valence-electron chi connectivity index (χ2n) is 3.00. The van der Waals surface area contributed by atoms with Gasteiger partial charge in [-0.05, 0) is 31.2 Å². The molecular weight excluding hydrogens is 216 g/mol. The molecule has 0 heterocycles. The molecule has 0 spiro atoms. The van der Waals surface area contributed by atoms with E-state index in [1.54, 1.807) is 18.2 Å². The smallest absolute Gasteiger partial charge is 0.250 e. The van der Waals surface area contributed by atoms with Crippen LogP contribution in [0.3, 0.4) is 0 Å². The highest BCUT2D eigenvalue weighted by Crippen LogP contribution is 2.22. The number of rotatable bonds is 5. The van der Waals surface area contributed by atoms with Gasteiger partial charge in [0.2, 0.25) is 5.91 Å². The van der Waals surface area contributed by atoms with Gasteiger partial charge in [0.25, 0.3) is 0 Å². The van der Waals surface area contributed by atoms with Crippen molar-refractivity contribution in [2.45, 2.75) is 6.42 Å². The first-order chi connectivity index (χ1) is 7.15. The first-order valence-corrected chi connectivity index (χ1v) is 4.95. The molecule has 4 nitrogen and oxygen atoms in total. The summed E-state index contributed by atoms with van der Waals surface area (Å²) in [6.07, 6.45) is 0.773. The van der Waals surface area contributed by atoms with Crippen molar-refractivity contribution in [3.63, 3.8) is 0 Å². The average molecular weight is 229 g/mol. The molecule has 15 heavy (non-hydrogen) atoms. The number of halogens is 1. The highest BCUT2D eigenvalue weighted by Gasteiger charge is 2.07. The Bertz CT molecular complexity index is 355. The Kier molecular flexibility index (Phi) is 4.39. The first kappa shape index (κ1) is 11.8. The van der Waals surface area contributed by atoms with E-state index in [-0.39, 0.29) is 0 Å². The highest BCUT2D eigenvalue weighted by molar-refractivity contribution is 6.33. The van der Waals surface area contributed by atoms with Gasteiger partial charge in [0.15, 0.2) is 0 Å². The third-order valence-electron chi connectivity index (χ3n) is 1.82. The lowest BCUT2D eigenvalue weighted by molar-refractivity contribution is 0.100. The molecule has 0 aromatic heterocycles. The molecule has 0 saturated heterocycles. The Labute approximate surface area is 93.1 Å². The van der Waals surface area contributed by atoms with E-state index in [2.05, 4.69) is 0 Å². The Morgan fingerprint density at radius 3 is 2.73 bits per heavy atom. The molecule has 0 bridgehead atoms. The van der Waals surface area contributed by atoms with Gasteiger partial charge in [-0.15, -0.1) is 0 Å². The summed E-state index contributed by atoms with van der Waals surface area (Å²) in [6, 6.07) is 4.77. The standard InChI is InChI=1S/C10H13ClN2O2/c11-9-6-7(15-5-1-4-12)2-3-8(9)10(13)14/h2-3,6H,1,4-5,12H2,(H2,13,14). The van der Waals surface area contributed by atoms with Gasteiger partial charge < -0.3 is 16.2 Å². The summed E-state index contributed by atoms with van der Waals surface area (Å²) in [6.45, 7) is 1.11. The van der Waals surface area contributed by atoms with Crippen LogP contribution in [0.25, 0.3) is 0 Å². The number of hydrogen-bond donors (Lipinski definition) is 2. The van der Waals surface area contributed by atoms with Crippen LogP contribution >= 0.6 is 11.6 Å². The third kappa shape index (κ3) is 3.42. The van der Waals surface area contributed by atoms with E-state index in [1.165, 1.54) is 0 Å². The van der Waals surface area contributed by atoms with Gasteiger partial charge in [-0.2, -0.15) is 0 Å². The van der Waals surface area contributed by atoms with E-state index < -0.39 is 5.91 Å². The summed E-state index contributed by atoms with van der Waals surface area (Å²) in [5.74, 6) is 0.0620. The van der Waals surface area contributed by atoms with Crippen LogP contribution in [0.1, 0.15) is 16.8 Å². The molecule has 0 unspecified atom stereocenters. The minimum Gasteiger partial charge on any atom is -0.493 e. The SMILES string of the molecule is NCCCOc1ccc(C(N)=O)c(Cl)c1. The maximum Gasteiger partial charge on any atom is 0.250 e. The molecule has 1 amide bonds. The van der Waals surface area contributed by atoms with Crippen LogP contribution in [-0.4, -0.2) is 19.1 Å². The fraction of sp³-hybridized carbons (Fsp3) is 0.300. The summed E-state index contributed by atoms with van der Waals surface area (Å²) in [4.78, 5) is 10.9. The van der Waals surface area contributed by atoms with Crippen molar-refractivity contribution in [3.8, 4) is 5.75 Å². The predicted molar refractivity (Wildman–Crippen MR) is 59.1 cm³/mol. The number of carbonyl (C=O) groups excluding carboxylic acids is 1. The van der Waals surface area contributed by atoms with Crippen LogP contribution in [0.2, 0.25) is 5.02 Å². The van der Waals surface area contributed by atoms with Crippen LogP contribution in [-0.2, 0) is 0 Å². The zero-order valence-corrected chi connectivity index (χ0v) is 8.96. The van der Waals surface area contributed by atoms with Gasteiger partial charge in [-0.1, -0.05) is 11.6 Å². The van der Waals surface area contributed by atoms with Crippen LogP contribution < -0.4 is 16.2 Å². The van der Waals surface area contributed by atoms with Crippen LogP contribution in [0.5, 0.6) is 5.75 Å². The fourth-order valence-electron chi connectivity index (χ4n) is 1.06. The Morgan fingerprint density at radius 1 is 1.47 bits per heavy atom. The van der Waals surface area contributed by atoms with Crippen molar-refractivity contribution in [3.05, 3.63) is 28.8 Å². The summed E-state index contributed by atoms with van der Waals surface area (Å²) >= 11 is 5.83. The van der Waals surface area contributed by atoms with Crippen molar-refractivity contribution in [2.75, 3.05) is 13.2 Å². The maximum absolute atomic E-state index is 10.9. The monoisotopic (exact) mass is 228 g/mol. The molecule has 0 aliphatic rings. The van der Waals surface area contributed by atoms with E-state index in [0.717, 1.165) is 6.42 Å². The minimum absolute atomic E-state index is 0.294. The molecule has 0 atom stereocenters. The summed E-state index contributed by atoms with van der Waals surface area (Å²) in [5, 5.41) is 0.299. The average Bonchev–Trinajstić information content (AvgIpc) is 2.17. The molecule has 1 rings (SSSR count). The highest BCUT2D eigenvalue weighted by atomic mass is 35.5. The van der Waals surface area contributed by atoms with Gasteiger partial charge in [0.05, 0.1) is 17.2 Å². The normalized spacial score (nSPS) is 10.0. The molecule has 82 valence electrons. The maximum atomic E-state index is 10.9. The van der Waals surface area contributed by atoms with E-state index in [4.69, 9.17) is 27.8 Å². The van der Waals surface area contributed by atoms with Crippen molar-refractivity contribution in [1.82, 2.24) is 0 Å². The van der Waals surface area contributed by atoms with Gasteiger partial charge in [-0.3, -0.25) is 4.79 Å². The second kappa shape index (κ2) is 5.58. The molecule has 0 fully saturated rings. The number of ether oxygens (including phenoxy) is 1. The number of hydrogen-bond acceptors (Lipinski definition) is 3. The van der Waals surface area contributed by atoms with Gasteiger partial charge in [0.1, 0.15) is 5.75 Å². The molecular formula is C10H13ClN2O2. The number of amides is 1. The molecule has 1 aromatic rings. The fourth-order valence-corrected chi connectivity index (χ4v) is 1.32. The van der Waals surface area contributed by atoms with Crippen LogP contribution in [0.4, 0.5) is 0 Å². The second-order valence-corrected chi connectivity index (χ2v) is 3.40. The van der Waals surface area contributed by atoms with Gasteiger partial charge >= 0.3 is 0 Å². The molecule has 0 aliphatic carbocycles. The first-order valence-electron chi connectivity index (χ1n) is 4.57. The van der Waals surface area contributed by atoms with Gasteiger partial charge in [0, 0.05) is 0 Å². The zero-order chi connectivity index (χ0) is 11.3. The molecule has 5 heteroatoms. The van der Waals surface area contributed by atoms with Crippen LogP contribution in [0, 0.1) is 0 Å². The van der Waals surface area contributed by atoms with Crippen LogP contribution in [0.15, 0.2) is 18.2 Å². The lowest BCUT2D eigenvalue weighted by Crippen LogP contribution is -2.11. The summed E-state index contributed by atoms with van der Waals surface area (Å²) in [5.41, 5.74) is 10.7. The van der Waals surface area contributed by atoms with Gasteiger partial charge in [-0.25, -0.2) is 0 Å². The number of nitrogens with two attached hydrogens (primary N) is 2. The van der Waals surface area contributed by atoms with E-state index in [9.17, 15) is 4.79 Å². The summed E-state index contributed by atoms with van der Waals surface area (Å²) < 4.78 is 5.35. The lowest BCUT2D eigenvalue weighted by Gasteiger charge is -2.06. The largest absolute Gasteiger partial charge is 0.493 e. The Morgan fingerprint density at radius 2 is 2.20 bits per heavy atom. The molecule has 4 N–H and O–H groups in total. The van der Waals surface area contributed by atoms with E-state index >= 15 is 0 Å². The molecule has 0 aliphatic heterocycles. The minimum atomic E-state index is -0.548. The van der Waals surface area contributed by atoms with Crippen molar-refractivity contribution >= 4 is 17.5 Å². The number of benzene rings is 1. The van der Waals surface area contributed by atoms with Crippen molar-refractivity contribution in [1.29, 1.82) is 0 Å². The van der Waals surface area contributed by atoms with Crippen molar-refractivity contribution in [2.24, 2.45) is 11.5 Å². The third-order valence-corrected chi connectivity index (χ3v) is 2.14. The lowest BCUT2D eigenvalue weighted by atomic mass is 10.2. The Hall–Kier alpha value is -1.26. The summed E-state index contributed by atoms with van der Waals surface area (Å²) in [7, 11) is 0. The molecule has 1 aromatic carbocycles. The number of primary amides is 1. The zero-order valence-electron chi connectivity index (χ0n) is 8.20. The topological polar surface area (TPSA) is 78.3 Å². The van der Waals surface area contributed by atoms with E-state index in [1.807, 2.05) is 0 Å². The Balaban J connectivity index is 2.69. The van der Waals surface area contributed by atoms with E-state index in [0.29, 0.717) is 29.5 Å². The number of carbonyl (C=O) groups is 1. The van der Waals surface area contributed by atoms with Crippen molar-refractivity contribution < 1.29 is 9.53 Å². The predicted octanol–water partition coefficient (Wildman–Crippen LogP) is 1.17. The molecule has 0 saturated carbocycles. The quantitative estimate of drug-likeness (QED) is 0.743.